The maximum Gasteiger partial charge on any atom is 0.425 e. The number of hydrogen-bond acceptors (Lipinski definition) is 11. The third-order valence-corrected chi connectivity index (χ3v) is 11.7. The van der Waals surface area contributed by atoms with Crippen molar-refractivity contribution in [2.24, 2.45) is 0 Å². The van der Waals surface area contributed by atoms with Gasteiger partial charge in [-0.1, -0.05) is 31.2 Å². The highest BCUT2D eigenvalue weighted by atomic mass is 32.2. The van der Waals surface area contributed by atoms with Crippen molar-refractivity contribution in [1.29, 1.82) is 0 Å². The molecule has 1 aliphatic carbocycles. The van der Waals surface area contributed by atoms with Gasteiger partial charge in [-0.3, -0.25) is 10.1 Å². The van der Waals surface area contributed by atoms with Gasteiger partial charge in [0.15, 0.2) is 15.7 Å². The maximum atomic E-state index is 14.6. The van der Waals surface area contributed by atoms with Crippen molar-refractivity contribution in [2.45, 2.75) is 101 Å². The molecule has 57 heavy (non-hydrogen) atoms. The van der Waals surface area contributed by atoms with Crippen molar-refractivity contribution in [3.05, 3.63) is 89.6 Å². The first-order valence-corrected chi connectivity index (χ1v) is 20.3. The number of hydrogen-bond donors (Lipinski definition) is 2. The van der Waals surface area contributed by atoms with Crippen molar-refractivity contribution in [3.63, 3.8) is 0 Å². The first-order valence-electron chi connectivity index (χ1n) is 18.8. The summed E-state index contributed by atoms with van der Waals surface area (Å²) in [5, 5.41) is 6.62. The number of nitrogens with one attached hydrogen (secondary N) is 2. The van der Waals surface area contributed by atoms with E-state index in [9.17, 15) is 27.6 Å². The monoisotopic (exact) mass is 799 g/mol. The predicted octanol–water partition coefficient (Wildman–Crippen LogP) is 8.32. The average molecular weight is 800 g/mol. The predicted molar refractivity (Wildman–Crippen MR) is 216 cm³/mol. The van der Waals surface area contributed by atoms with Crippen molar-refractivity contribution in [2.75, 3.05) is 29.2 Å². The van der Waals surface area contributed by atoms with E-state index in [1.807, 2.05) is 31.2 Å². The average Bonchev–Trinajstić information content (AvgIpc) is 3.98. The van der Waals surface area contributed by atoms with E-state index in [0.29, 0.717) is 46.1 Å². The molecule has 4 bridgehead atoms. The van der Waals surface area contributed by atoms with Crippen molar-refractivity contribution in [3.8, 4) is 0 Å². The van der Waals surface area contributed by atoms with Gasteiger partial charge in [0, 0.05) is 42.5 Å². The van der Waals surface area contributed by atoms with Gasteiger partial charge in [0.05, 0.1) is 16.8 Å². The number of cyclic esters (lactones) is 1. The van der Waals surface area contributed by atoms with E-state index in [1.54, 1.807) is 78.9 Å². The standard InChI is InChI=1S/C42H49N5O9S/c1-25-24-54-38(49)45-31-13-17-34(57(52,53)32-14-15-32)29(22-31)23-46(8)37(48)35(28-11-9-10-26(25)20-28)44-30-12-16-33-27(21-30)18-19-43-36(33)47(39(50)55-41(2,3)4)40(51)56-42(5,6)7/h9-13,16-22,25,32,35,44H,14-15,23-24H2,1-8H3,(H,45,49)/t25-,35?/m1/s1. The van der Waals surface area contributed by atoms with E-state index in [-0.39, 0.29) is 35.7 Å². The summed E-state index contributed by atoms with van der Waals surface area (Å²) in [6.07, 6.45) is -0.0160. The number of rotatable bonds is 5. The van der Waals surface area contributed by atoms with E-state index >= 15 is 0 Å². The maximum absolute atomic E-state index is 14.6. The smallest absolute Gasteiger partial charge is 0.425 e. The van der Waals surface area contributed by atoms with Crippen LogP contribution in [0.1, 0.15) is 90.0 Å². The Hall–Kier alpha value is -5.70. The number of likely N-dealkylation sites (N-methyl/N-ethyl adjacent to an activating group) is 1. The lowest BCUT2D eigenvalue weighted by atomic mass is 9.96. The lowest BCUT2D eigenvalue weighted by Gasteiger charge is -2.29. The van der Waals surface area contributed by atoms with Gasteiger partial charge in [0.2, 0.25) is 5.91 Å². The number of anilines is 3. The molecule has 1 fully saturated rings. The Morgan fingerprint density at radius 3 is 2.23 bits per heavy atom. The molecule has 4 amide bonds. The molecule has 4 aromatic rings. The van der Waals surface area contributed by atoms with Gasteiger partial charge < -0.3 is 24.4 Å². The molecular formula is C42H49N5O9S. The zero-order chi connectivity index (χ0) is 41.4. The van der Waals surface area contributed by atoms with Crippen LogP contribution in [0.2, 0.25) is 0 Å². The molecule has 1 unspecified atom stereocenters. The number of carbonyl (C=O) groups excluding carboxylic acids is 4. The van der Waals surface area contributed by atoms with Gasteiger partial charge in [-0.05, 0) is 119 Å². The molecule has 15 heteroatoms. The summed E-state index contributed by atoms with van der Waals surface area (Å²) in [5.41, 5.74) is 0.829. The molecule has 0 spiro atoms. The van der Waals surface area contributed by atoms with Crippen LogP contribution in [0.25, 0.3) is 10.8 Å². The first kappa shape index (κ1) is 40.9. The molecule has 14 nitrogen and oxygen atoms in total. The Labute approximate surface area is 332 Å². The second-order valence-electron chi connectivity index (χ2n) is 16.5. The van der Waals surface area contributed by atoms with Gasteiger partial charge >= 0.3 is 18.3 Å². The number of benzene rings is 3. The van der Waals surface area contributed by atoms with Crippen LogP contribution < -0.4 is 15.5 Å². The van der Waals surface area contributed by atoms with Crippen molar-refractivity contribution < 1.29 is 41.8 Å². The lowest BCUT2D eigenvalue weighted by Crippen LogP contribution is -2.44. The zero-order valence-electron chi connectivity index (χ0n) is 33.4. The number of aromatic nitrogens is 1. The Kier molecular flexibility index (Phi) is 11.3. The summed E-state index contributed by atoms with van der Waals surface area (Å²) in [6, 6.07) is 17.9. The molecule has 6 rings (SSSR count). The van der Waals surface area contributed by atoms with E-state index < -0.39 is 50.6 Å². The fraction of sp³-hybridized carbons (Fsp3) is 0.405. The van der Waals surface area contributed by atoms with Gasteiger partial charge in [0.1, 0.15) is 17.2 Å². The summed E-state index contributed by atoms with van der Waals surface area (Å²) in [5.74, 6) is -0.588. The van der Waals surface area contributed by atoms with Gasteiger partial charge in [0.25, 0.3) is 0 Å². The molecule has 3 aromatic carbocycles. The first-order chi connectivity index (χ1) is 26.7. The largest absolute Gasteiger partial charge is 0.449 e. The quantitative estimate of drug-likeness (QED) is 0.186. The summed E-state index contributed by atoms with van der Waals surface area (Å²) in [4.78, 5) is 61.1. The lowest BCUT2D eigenvalue weighted by molar-refractivity contribution is -0.131. The normalized spacial score (nSPS) is 18.1. The molecule has 2 atom stereocenters. The number of nitrogens with zero attached hydrogens (tertiary/aromatic N) is 3. The molecule has 0 radical (unpaired) electrons. The Morgan fingerprint density at radius 2 is 1.58 bits per heavy atom. The molecule has 1 saturated carbocycles. The Morgan fingerprint density at radius 1 is 0.912 bits per heavy atom. The highest BCUT2D eigenvalue weighted by Gasteiger charge is 2.39. The van der Waals surface area contributed by atoms with Crippen LogP contribution in [0.3, 0.4) is 0 Å². The molecule has 0 saturated heterocycles. The third kappa shape index (κ3) is 9.65. The number of ether oxygens (including phenoxy) is 3. The third-order valence-electron chi connectivity index (χ3n) is 9.30. The minimum Gasteiger partial charge on any atom is -0.449 e. The fourth-order valence-electron chi connectivity index (χ4n) is 6.41. The second kappa shape index (κ2) is 15.7. The number of pyridine rings is 1. The van der Waals surface area contributed by atoms with Crippen LogP contribution in [0, 0.1) is 0 Å². The zero-order valence-corrected chi connectivity index (χ0v) is 34.2. The van der Waals surface area contributed by atoms with Crippen LogP contribution >= 0.6 is 0 Å². The SMILES string of the molecule is C[C@@H]1COC(=O)Nc2ccc(S(=O)(=O)C3CC3)c(c2)CN(C)C(=O)C(Nc2ccc3c(N(C(=O)OC(C)(C)C)C(=O)OC(C)(C)C)nccc3c2)c2cccc1c2. The van der Waals surface area contributed by atoms with Crippen LogP contribution in [0.4, 0.5) is 31.6 Å². The number of imide groups is 1. The molecule has 2 heterocycles. The van der Waals surface area contributed by atoms with E-state index in [1.165, 1.54) is 23.2 Å². The Bertz CT molecular complexity index is 2300. The number of sulfone groups is 1. The summed E-state index contributed by atoms with van der Waals surface area (Å²) in [6.45, 7) is 12.0. The van der Waals surface area contributed by atoms with Crippen LogP contribution in [-0.4, -0.2) is 72.6 Å². The second-order valence-corrected chi connectivity index (χ2v) is 18.7. The van der Waals surface area contributed by atoms with Gasteiger partial charge in [-0.2, -0.15) is 4.90 Å². The molecule has 1 aromatic heterocycles. The van der Waals surface area contributed by atoms with E-state index in [0.717, 1.165) is 10.5 Å². The highest BCUT2D eigenvalue weighted by molar-refractivity contribution is 7.92. The highest BCUT2D eigenvalue weighted by Crippen LogP contribution is 2.37. The molecule has 302 valence electrons. The number of carbonyl (C=O) groups is 4. The minimum atomic E-state index is -3.67. The van der Waals surface area contributed by atoms with Crippen LogP contribution in [0.5, 0.6) is 0 Å². The van der Waals surface area contributed by atoms with Gasteiger partial charge in [-0.15, -0.1) is 0 Å². The Balaban J connectivity index is 1.40. The summed E-state index contributed by atoms with van der Waals surface area (Å²) in [7, 11) is -2.07. The van der Waals surface area contributed by atoms with Crippen molar-refractivity contribution in [1.82, 2.24) is 9.88 Å². The number of amides is 4. The van der Waals surface area contributed by atoms with Crippen molar-refractivity contribution >= 4 is 62.0 Å². The van der Waals surface area contributed by atoms with Crippen LogP contribution in [-0.2, 0) is 35.4 Å². The minimum absolute atomic E-state index is 0.00309. The summed E-state index contributed by atoms with van der Waals surface area (Å²) < 4.78 is 43.8. The molecular weight excluding hydrogens is 751 g/mol. The van der Waals surface area contributed by atoms with Gasteiger partial charge in [-0.25, -0.2) is 27.8 Å². The number of fused-ring (bicyclic) bond motifs is 5. The molecule has 2 aliphatic rings. The topological polar surface area (TPSA) is 174 Å². The van der Waals surface area contributed by atoms with Crippen LogP contribution in [0.15, 0.2) is 77.8 Å². The van der Waals surface area contributed by atoms with E-state index in [2.05, 4.69) is 15.6 Å². The molecule has 1 aliphatic heterocycles. The molecule has 2 N–H and O–H groups in total. The fourth-order valence-corrected chi connectivity index (χ4v) is 8.28. The summed E-state index contributed by atoms with van der Waals surface area (Å²) >= 11 is 0. The van der Waals surface area contributed by atoms with E-state index in [4.69, 9.17) is 14.2 Å².